The normalized spacial score (nSPS) is 53.4. The van der Waals surface area contributed by atoms with E-state index in [1.165, 1.54) is 25.9 Å². The Hall–Kier alpha value is -0.0800. The largest absolute Gasteiger partial charge is 0.326 e. The zero-order chi connectivity index (χ0) is 7.14. The fraction of sp³-hybridized carbons (Fsp3) is 1.00. The van der Waals surface area contributed by atoms with Crippen molar-refractivity contribution >= 4 is 0 Å². The molecule has 3 saturated heterocycles. The highest BCUT2D eigenvalue weighted by atomic mass is 15.2. The van der Waals surface area contributed by atoms with E-state index in [-0.39, 0.29) is 0 Å². The fourth-order valence-electron chi connectivity index (χ4n) is 2.35. The average Bonchev–Trinajstić information content (AvgIpc) is 2.00. The monoisotopic (exact) mass is 140 g/mol. The van der Waals surface area contributed by atoms with Gasteiger partial charge >= 0.3 is 0 Å². The standard InChI is InChI=1S/C8H16N2/c1-6-8(9)7-2-4-10(6)5-3-7/h6-8H,2-5,9H2,1H3/t6-,8+/m1/s1. The highest BCUT2D eigenvalue weighted by Crippen LogP contribution is 2.30. The van der Waals surface area contributed by atoms with Crippen LogP contribution in [0.2, 0.25) is 0 Å². The van der Waals surface area contributed by atoms with Crippen LogP contribution in [0.3, 0.4) is 0 Å². The Morgan fingerprint density at radius 3 is 2.20 bits per heavy atom. The second-order valence-corrected chi connectivity index (χ2v) is 3.69. The number of hydrogen-bond acceptors (Lipinski definition) is 2. The molecule has 3 heterocycles. The molecule has 0 aromatic heterocycles. The predicted molar refractivity (Wildman–Crippen MR) is 41.7 cm³/mol. The van der Waals surface area contributed by atoms with Crippen LogP contribution in [0, 0.1) is 5.92 Å². The van der Waals surface area contributed by atoms with Crippen molar-refractivity contribution in [2.45, 2.75) is 31.8 Å². The lowest BCUT2D eigenvalue weighted by Crippen LogP contribution is -2.59. The maximum atomic E-state index is 6.02. The molecule has 3 rings (SSSR count). The quantitative estimate of drug-likeness (QED) is 0.528. The van der Waals surface area contributed by atoms with Crippen molar-refractivity contribution < 1.29 is 0 Å². The molecule has 58 valence electrons. The number of hydrogen-bond donors (Lipinski definition) is 1. The number of nitrogens with two attached hydrogens (primary N) is 1. The minimum Gasteiger partial charge on any atom is -0.326 e. The molecule has 0 aromatic rings. The molecule has 0 amide bonds. The van der Waals surface area contributed by atoms with Crippen LogP contribution in [0.15, 0.2) is 0 Å². The Kier molecular flexibility index (Phi) is 1.46. The van der Waals surface area contributed by atoms with E-state index < -0.39 is 0 Å². The lowest BCUT2D eigenvalue weighted by molar-refractivity contribution is 0.0380. The summed E-state index contributed by atoms with van der Waals surface area (Å²) < 4.78 is 0. The molecular formula is C8H16N2. The number of rotatable bonds is 0. The Balaban J connectivity index is 2.13. The van der Waals surface area contributed by atoms with Crippen molar-refractivity contribution in [3.63, 3.8) is 0 Å². The van der Waals surface area contributed by atoms with Crippen LogP contribution in [0.4, 0.5) is 0 Å². The molecule has 0 aliphatic carbocycles. The molecule has 3 fully saturated rings. The Morgan fingerprint density at radius 2 is 1.90 bits per heavy atom. The highest BCUT2D eigenvalue weighted by molar-refractivity contribution is 4.94. The van der Waals surface area contributed by atoms with Gasteiger partial charge in [-0.25, -0.2) is 0 Å². The smallest absolute Gasteiger partial charge is 0.0223 e. The summed E-state index contributed by atoms with van der Waals surface area (Å²) >= 11 is 0. The molecule has 0 unspecified atom stereocenters. The topological polar surface area (TPSA) is 29.3 Å². The summed E-state index contributed by atoms with van der Waals surface area (Å²) in [5.74, 6) is 0.833. The van der Waals surface area contributed by atoms with Gasteiger partial charge in [-0.05, 0) is 38.8 Å². The zero-order valence-electron chi connectivity index (χ0n) is 6.59. The molecule has 3 aliphatic rings. The summed E-state index contributed by atoms with van der Waals surface area (Å²) in [6.07, 6.45) is 2.68. The van der Waals surface area contributed by atoms with E-state index in [0.717, 1.165) is 5.92 Å². The molecule has 2 N–H and O–H groups in total. The molecule has 0 spiro atoms. The number of fused-ring (bicyclic) bond motifs is 3. The van der Waals surface area contributed by atoms with Gasteiger partial charge in [-0.1, -0.05) is 0 Å². The third-order valence-electron chi connectivity index (χ3n) is 3.25. The Morgan fingerprint density at radius 1 is 1.30 bits per heavy atom. The fourth-order valence-corrected chi connectivity index (χ4v) is 2.35. The van der Waals surface area contributed by atoms with Crippen molar-refractivity contribution in [2.75, 3.05) is 13.1 Å². The van der Waals surface area contributed by atoms with E-state index in [1.54, 1.807) is 0 Å². The maximum absolute atomic E-state index is 6.02. The first-order valence-electron chi connectivity index (χ1n) is 4.28. The third kappa shape index (κ3) is 0.789. The van der Waals surface area contributed by atoms with Gasteiger partial charge in [-0.15, -0.1) is 0 Å². The minimum atomic E-state index is 0.461. The summed E-state index contributed by atoms with van der Waals surface area (Å²) in [4.78, 5) is 2.52. The summed E-state index contributed by atoms with van der Waals surface area (Å²) in [6, 6.07) is 1.11. The van der Waals surface area contributed by atoms with Gasteiger partial charge in [0.05, 0.1) is 0 Å². The number of nitrogens with zero attached hydrogens (tertiary/aromatic N) is 1. The van der Waals surface area contributed by atoms with E-state index in [2.05, 4.69) is 11.8 Å². The first-order valence-corrected chi connectivity index (χ1v) is 4.28. The van der Waals surface area contributed by atoms with Crippen molar-refractivity contribution in [1.82, 2.24) is 4.90 Å². The van der Waals surface area contributed by atoms with Crippen LogP contribution in [0.25, 0.3) is 0 Å². The molecule has 2 bridgehead atoms. The average molecular weight is 140 g/mol. The predicted octanol–water partition coefficient (Wildman–Crippen LogP) is 0.428. The molecule has 0 aromatic carbocycles. The first kappa shape index (κ1) is 6.62. The van der Waals surface area contributed by atoms with Crippen LogP contribution in [-0.4, -0.2) is 30.1 Å². The van der Waals surface area contributed by atoms with Gasteiger partial charge in [0.15, 0.2) is 0 Å². The Labute approximate surface area is 62.4 Å². The molecule has 3 aliphatic heterocycles. The SMILES string of the molecule is C[C@@H]1[C@H](N)C2CCN1CC2. The molecule has 0 radical (unpaired) electrons. The first-order chi connectivity index (χ1) is 4.79. The molecular weight excluding hydrogens is 124 g/mol. The van der Waals surface area contributed by atoms with Crippen LogP contribution in [-0.2, 0) is 0 Å². The zero-order valence-corrected chi connectivity index (χ0v) is 6.59. The van der Waals surface area contributed by atoms with Crippen molar-refractivity contribution in [3.05, 3.63) is 0 Å². The Bertz CT molecular complexity index is 107. The van der Waals surface area contributed by atoms with Gasteiger partial charge in [0.25, 0.3) is 0 Å². The molecule has 2 nitrogen and oxygen atoms in total. The van der Waals surface area contributed by atoms with Gasteiger partial charge < -0.3 is 5.73 Å². The van der Waals surface area contributed by atoms with E-state index in [9.17, 15) is 0 Å². The van der Waals surface area contributed by atoms with Crippen molar-refractivity contribution in [1.29, 1.82) is 0 Å². The van der Waals surface area contributed by atoms with E-state index in [1.807, 2.05) is 0 Å². The lowest BCUT2D eigenvalue weighted by atomic mass is 9.80. The second kappa shape index (κ2) is 2.21. The lowest BCUT2D eigenvalue weighted by Gasteiger charge is -2.48. The molecule has 10 heavy (non-hydrogen) atoms. The van der Waals surface area contributed by atoms with Crippen molar-refractivity contribution in [2.24, 2.45) is 11.7 Å². The third-order valence-corrected chi connectivity index (χ3v) is 3.25. The summed E-state index contributed by atoms with van der Waals surface area (Å²) in [7, 11) is 0. The molecule has 2 atom stereocenters. The van der Waals surface area contributed by atoms with Gasteiger partial charge in [-0.2, -0.15) is 0 Å². The molecule has 2 heteroatoms. The summed E-state index contributed by atoms with van der Waals surface area (Å²) in [5.41, 5.74) is 6.02. The maximum Gasteiger partial charge on any atom is 0.0223 e. The summed E-state index contributed by atoms with van der Waals surface area (Å²) in [6.45, 7) is 4.84. The van der Waals surface area contributed by atoms with Gasteiger partial charge in [0.1, 0.15) is 0 Å². The van der Waals surface area contributed by atoms with Crippen LogP contribution >= 0.6 is 0 Å². The van der Waals surface area contributed by atoms with E-state index in [0.29, 0.717) is 12.1 Å². The van der Waals surface area contributed by atoms with Crippen molar-refractivity contribution in [3.8, 4) is 0 Å². The molecule has 0 saturated carbocycles. The van der Waals surface area contributed by atoms with E-state index >= 15 is 0 Å². The highest BCUT2D eigenvalue weighted by Gasteiger charge is 2.37. The van der Waals surface area contributed by atoms with E-state index in [4.69, 9.17) is 5.73 Å². The summed E-state index contributed by atoms with van der Waals surface area (Å²) in [5, 5.41) is 0. The van der Waals surface area contributed by atoms with Crippen LogP contribution in [0.1, 0.15) is 19.8 Å². The second-order valence-electron chi connectivity index (χ2n) is 3.69. The minimum absolute atomic E-state index is 0.461. The van der Waals surface area contributed by atoms with Gasteiger partial charge in [-0.3, -0.25) is 4.90 Å². The van der Waals surface area contributed by atoms with Crippen LogP contribution in [0.5, 0.6) is 0 Å². The van der Waals surface area contributed by atoms with Gasteiger partial charge in [0, 0.05) is 12.1 Å². The number of piperidine rings is 3. The van der Waals surface area contributed by atoms with Crippen LogP contribution < -0.4 is 5.73 Å². The van der Waals surface area contributed by atoms with Gasteiger partial charge in [0.2, 0.25) is 0 Å².